The fraction of sp³-hybridized carbons (Fsp3) is 0.115. The van der Waals surface area contributed by atoms with E-state index in [1.165, 1.54) is 16.2 Å². The van der Waals surface area contributed by atoms with Gasteiger partial charge in [-0.25, -0.2) is 9.78 Å². The summed E-state index contributed by atoms with van der Waals surface area (Å²) < 4.78 is 11.9. The molecule has 0 radical (unpaired) electrons. The van der Waals surface area contributed by atoms with Crippen LogP contribution in [-0.4, -0.2) is 28.6 Å². The van der Waals surface area contributed by atoms with Crippen LogP contribution < -0.4 is 9.64 Å². The van der Waals surface area contributed by atoms with Crippen LogP contribution in [0.1, 0.15) is 18.5 Å². The topological polar surface area (TPSA) is 89.0 Å². The van der Waals surface area contributed by atoms with Crippen LogP contribution in [0.15, 0.2) is 90.2 Å². The Morgan fingerprint density at radius 1 is 1.03 bits per heavy atom. The number of aliphatic hydroxyl groups excluding tert-OH is 1. The summed E-state index contributed by atoms with van der Waals surface area (Å²) in [7, 11) is 0. The van der Waals surface area contributed by atoms with Gasteiger partial charge in [0, 0.05) is 6.07 Å². The molecule has 0 spiro atoms. The van der Waals surface area contributed by atoms with Crippen LogP contribution in [-0.2, 0) is 14.3 Å². The fourth-order valence-corrected chi connectivity index (χ4v) is 4.88. The Bertz CT molecular complexity index is 1400. The Balaban J connectivity index is 1.55. The number of hydrogen-bond donors (Lipinski definition) is 1. The van der Waals surface area contributed by atoms with E-state index < -0.39 is 23.7 Å². The van der Waals surface area contributed by atoms with Gasteiger partial charge in [-0.15, -0.1) is 0 Å². The Hall–Kier alpha value is -4.17. The van der Waals surface area contributed by atoms with E-state index in [-0.39, 0.29) is 12.2 Å². The molecule has 1 amide bonds. The predicted molar refractivity (Wildman–Crippen MR) is 129 cm³/mol. The van der Waals surface area contributed by atoms with E-state index in [0.717, 1.165) is 4.70 Å². The number of ether oxygens (including phenoxy) is 2. The van der Waals surface area contributed by atoms with Crippen LogP contribution in [0.5, 0.6) is 11.5 Å². The summed E-state index contributed by atoms with van der Waals surface area (Å²) in [5.74, 6) is -0.714. The van der Waals surface area contributed by atoms with Crippen molar-refractivity contribution >= 4 is 38.6 Å². The van der Waals surface area contributed by atoms with E-state index >= 15 is 0 Å². The number of aliphatic hydroxyl groups is 1. The van der Waals surface area contributed by atoms with Crippen molar-refractivity contribution in [1.82, 2.24) is 4.98 Å². The molecule has 0 aliphatic carbocycles. The van der Waals surface area contributed by atoms with E-state index in [0.29, 0.717) is 27.7 Å². The molecule has 0 fully saturated rings. The Kier molecular flexibility index (Phi) is 5.73. The maximum Gasteiger partial charge on any atom is 0.340 e. The van der Waals surface area contributed by atoms with Crippen LogP contribution in [0.3, 0.4) is 0 Å². The molecule has 0 bridgehead atoms. The number of carbonyl (C=O) groups is 2. The second kappa shape index (κ2) is 8.99. The van der Waals surface area contributed by atoms with Gasteiger partial charge in [0.05, 0.1) is 16.8 Å². The molecule has 7 nitrogen and oxygen atoms in total. The van der Waals surface area contributed by atoms with Gasteiger partial charge < -0.3 is 14.6 Å². The quantitative estimate of drug-likeness (QED) is 0.370. The van der Waals surface area contributed by atoms with Crippen LogP contribution in [0.2, 0.25) is 0 Å². The molecule has 170 valence electrons. The molecule has 1 N–H and O–H groups in total. The zero-order valence-corrected chi connectivity index (χ0v) is 19.0. The Morgan fingerprint density at radius 3 is 2.44 bits per heavy atom. The van der Waals surface area contributed by atoms with E-state index in [4.69, 9.17) is 9.47 Å². The number of esters is 1. The molecule has 8 heteroatoms. The number of para-hydroxylation sites is 1. The number of fused-ring (bicyclic) bond motifs is 1. The molecular weight excluding hydrogens is 452 g/mol. The molecule has 0 saturated carbocycles. The normalized spacial score (nSPS) is 15.7. The molecule has 4 aromatic rings. The third kappa shape index (κ3) is 3.88. The Morgan fingerprint density at radius 2 is 1.74 bits per heavy atom. The molecule has 5 rings (SSSR count). The lowest BCUT2D eigenvalue weighted by atomic mass is 10.00. The highest BCUT2D eigenvalue weighted by atomic mass is 32.1. The smallest absolute Gasteiger partial charge is 0.340 e. The minimum atomic E-state index is -0.853. The lowest BCUT2D eigenvalue weighted by molar-refractivity contribution is -0.139. The van der Waals surface area contributed by atoms with Crippen molar-refractivity contribution in [3.05, 3.63) is 95.8 Å². The maximum atomic E-state index is 13.1. The second-order valence-electron chi connectivity index (χ2n) is 7.51. The van der Waals surface area contributed by atoms with Crippen molar-refractivity contribution in [1.29, 1.82) is 0 Å². The molecular formula is C26H20N2O5S. The molecule has 2 heterocycles. The van der Waals surface area contributed by atoms with Gasteiger partial charge in [0.2, 0.25) is 0 Å². The molecule has 0 saturated heterocycles. The number of aromatic nitrogens is 1. The second-order valence-corrected chi connectivity index (χ2v) is 8.52. The average molecular weight is 473 g/mol. The molecule has 34 heavy (non-hydrogen) atoms. The molecule has 1 atom stereocenters. The van der Waals surface area contributed by atoms with Crippen LogP contribution in [0.4, 0.5) is 5.13 Å². The van der Waals surface area contributed by atoms with Crippen molar-refractivity contribution in [3.8, 4) is 11.5 Å². The number of rotatable bonds is 6. The van der Waals surface area contributed by atoms with Crippen LogP contribution >= 0.6 is 11.3 Å². The van der Waals surface area contributed by atoms with E-state index in [1.54, 1.807) is 25.1 Å². The number of thiazole rings is 1. The minimum absolute atomic E-state index is 0.0922. The lowest BCUT2D eigenvalue weighted by Crippen LogP contribution is -2.31. The average Bonchev–Trinajstić information content (AvgIpc) is 3.38. The molecule has 1 unspecified atom stereocenters. The fourth-order valence-electron chi connectivity index (χ4n) is 3.85. The van der Waals surface area contributed by atoms with Gasteiger partial charge in [-0.2, -0.15) is 0 Å². The number of nitrogens with zero attached hydrogens (tertiary/aromatic N) is 2. The third-order valence-electron chi connectivity index (χ3n) is 5.35. The lowest BCUT2D eigenvalue weighted by Gasteiger charge is -2.24. The first kappa shape index (κ1) is 21.7. The van der Waals surface area contributed by atoms with Gasteiger partial charge >= 0.3 is 5.97 Å². The highest BCUT2D eigenvalue weighted by Gasteiger charge is 2.46. The van der Waals surface area contributed by atoms with E-state index in [1.807, 2.05) is 60.7 Å². The van der Waals surface area contributed by atoms with E-state index in [2.05, 4.69) is 4.98 Å². The van der Waals surface area contributed by atoms with Crippen molar-refractivity contribution < 1.29 is 24.2 Å². The van der Waals surface area contributed by atoms with Crippen molar-refractivity contribution in [2.75, 3.05) is 11.5 Å². The number of hydrogen-bond acceptors (Lipinski definition) is 7. The standard InChI is InChI=1S/C26H20N2O5S/c1-2-32-25(31)21-22(16-9-5-3-6-10-16)28(24(30)23(21)29)26-27-19-14-13-18(15-20(19)34-26)33-17-11-7-4-8-12-17/h3-15,22,29H,2H2,1H3. The summed E-state index contributed by atoms with van der Waals surface area (Å²) in [4.78, 5) is 31.8. The predicted octanol–water partition coefficient (Wildman–Crippen LogP) is 5.55. The summed E-state index contributed by atoms with van der Waals surface area (Å²) in [6.07, 6.45) is 0. The number of carbonyl (C=O) groups excluding carboxylic acids is 2. The van der Waals surface area contributed by atoms with Crippen molar-refractivity contribution in [2.45, 2.75) is 13.0 Å². The zero-order valence-electron chi connectivity index (χ0n) is 18.2. The highest BCUT2D eigenvalue weighted by Crippen LogP contribution is 2.44. The number of amides is 1. The van der Waals surface area contributed by atoms with Crippen LogP contribution in [0.25, 0.3) is 10.2 Å². The molecule has 1 aliphatic rings. The van der Waals surface area contributed by atoms with Gasteiger partial charge in [-0.1, -0.05) is 59.9 Å². The Labute approximate surface area is 199 Å². The van der Waals surface area contributed by atoms with Gasteiger partial charge in [0.1, 0.15) is 23.1 Å². The number of benzene rings is 3. The molecule has 1 aliphatic heterocycles. The number of anilines is 1. The third-order valence-corrected chi connectivity index (χ3v) is 6.37. The summed E-state index contributed by atoms with van der Waals surface area (Å²) in [5, 5.41) is 11.0. The summed E-state index contributed by atoms with van der Waals surface area (Å²) in [6.45, 7) is 1.79. The SMILES string of the molecule is CCOC(=O)C1=C(O)C(=O)N(c2nc3ccc(Oc4ccccc4)cc3s2)C1c1ccccc1. The zero-order chi connectivity index (χ0) is 23.7. The highest BCUT2D eigenvalue weighted by molar-refractivity contribution is 7.22. The van der Waals surface area contributed by atoms with Crippen molar-refractivity contribution in [2.24, 2.45) is 0 Å². The summed E-state index contributed by atoms with van der Waals surface area (Å²) in [6, 6.07) is 23.1. The minimum Gasteiger partial charge on any atom is -0.503 e. The van der Waals surface area contributed by atoms with Gasteiger partial charge in [-0.05, 0) is 36.8 Å². The molecule has 3 aromatic carbocycles. The summed E-state index contributed by atoms with van der Waals surface area (Å²) >= 11 is 1.27. The first-order chi connectivity index (χ1) is 16.6. The largest absolute Gasteiger partial charge is 0.503 e. The maximum absolute atomic E-state index is 13.1. The summed E-state index contributed by atoms with van der Waals surface area (Å²) in [5.41, 5.74) is 1.24. The first-order valence-electron chi connectivity index (χ1n) is 10.7. The van der Waals surface area contributed by atoms with Crippen LogP contribution in [0, 0.1) is 0 Å². The molecule has 1 aromatic heterocycles. The van der Waals surface area contributed by atoms with Gasteiger partial charge in [0.25, 0.3) is 5.91 Å². The van der Waals surface area contributed by atoms with Gasteiger partial charge in [-0.3, -0.25) is 9.69 Å². The first-order valence-corrected chi connectivity index (χ1v) is 11.5. The van der Waals surface area contributed by atoms with E-state index in [9.17, 15) is 14.7 Å². The monoisotopic (exact) mass is 472 g/mol. The van der Waals surface area contributed by atoms with Gasteiger partial charge in [0.15, 0.2) is 10.9 Å². The van der Waals surface area contributed by atoms with Crippen molar-refractivity contribution in [3.63, 3.8) is 0 Å².